The van der Waals surface area contributed by atoms with Crippen LogP contribution in [0.3, 0.4) is 0 Å². The molecule has 0 radical (unpaired) electrons. The van der Waals surface area contributed by atoms with Crippen LogP contribution in [0.2, 0.25) is 0 Å². The molecule has 0 aromatic rings. The number of carboxylic acids is 1. The molecular formula is C15H28NO4-. The van der Waals surface area contributed by atoms with Gasteiger partial charge in [-0.25, -0.2) is 0 Å². The van der Waals surface area contributed by atoms with Crippen LogP contribution < -0.4 is 5.11 Å². The summed E-state index contributed by atoms with van der Waals surface area (Å²) in [5.41, 5.74) is 0. The van der Waals surface area contributed by atoms with Crippen molar-refractivity contribution in [2.24, 2.45) is 0 Å². The van der Waals surface area contributed by atoms with Gasteiger partial charge in [-0.3, -0.25) is 9.69 Å². The number of carboxylic acid groups (broad SMARTS) is 1. The molecule has 1 unspecified atom stereocenters. The molecule has 0 aliphatic rings. The van der Waals surface area contributed by atoms with Crippen molar-refractivity contribution in [2.45, 2.75) is 64.9 Å². The van der Waals surface area contributed by atoms with E-state index in [0.29, 0.717) is 0 Å². The third-order valence-electron chi connectivity index (χ3n) is 3.09. The first kappa shape index (κ1) is 18.9. The Bertz CT molecular complexity index is 281. The lowest BCUT2D eigenvalue weighted by atomic mass is 10.1. The second kappa shape index (κ2) is 11.7. The Morgan fingerprint density at radius 1 is 1.10 bits per heavy atom. The van der Waals surface area contributed by atoms with Crippen molar-refractivity contribution >= 4 is 11.9 Å². The van der Waals surface area contributed by atoms with Crippen molar-refractivity contribution < 1.29 is 19.4 Å². The fraction of sp³-hybridized carbons (Fsp3) is 0.867. The zero-order valence-electron chi connectivity index (χ0n) is 13.0. The molecule has 1 atom stereocenters. The number of nitrogens with zero attached hydrogens (tertiary/aromatic N) is 1. The van der Waals surface area contributed by atoms with Crippen LogP contribution in [0.5, 0.6) is 0 Å². The zero-order valence-corrected chi connectivity index (χ0v) is 13.0. The quantitative estimate of drug-likeness (QED) is 0.400. The highest BCUT2D eigenvalue weighted by Crippen LogP contribution is 2.10. The van der Waals surface area contributed by atoms with Crippen LogP contribution in [0, 0.1) is 0 Å². The Morgan fingerprint density at radius 3 is 2.30 bits per heavy atom. The molecule has 0 aromatic carbocycles. The van der Waals surface area contributed by atoms with Crippen LogP contribution in [0.15, 0.2) is 0 Å². The maximum absolute atomic E-state index is 11.5. The smallest absolute Gasteiger partial charge is 0.320 e. The maximum atomic E-state index is 11.5. The molecule has 0 bridgehead atoms. The Balaban J connectivity index is 3.61. The van der Waals surface area contributed by atoms with Crippen molar-refractivity contribution in [1.82, 2.24) is 4.90 Å². The molecule has 0 heterocycles. The number of esters is 1. The monoisotopic (exact) mass is 286 g/mol. The first-order chi connectivity index (χ1) is 9.45. The molecule has 0 spiro atoms. The lowest BCUT2D eigenvalue weighted by molar-refractivity contribution is -0.306. The lowest BCUT2D eigenvalue weighted by Crippen LogP contribution is -2.39. The van der Waals surface area contributed by atoms with Gasteiger partial charge >= 0.3 is 5.97 Å². The summed E-state index contributed by atoms with van der Waals surface area (Å²) in [4.78, 5) is 23.3. The number of likely N-dealkylation sites (N-methyl/N-ethyl adjacent to an activating group) is 1. The highest BCUT2D eigenvalue weighted by atomic mass is 16.5. The predicted octanol–water partition coefficient (Wildman–Crippen LogP) is 1.35. The van der Waals surface area contributed by atoms with E-state index in [1.165, 1.54) is 37.0 Å². The Morgan fingerprint density at radius 2 is 1.70 bits per heavy atom. The summed E-state index contributed by atoms with van der Waals surface area (Å²) in [5.74, 6) is -1.58. The number of unbranched alkanes of at least 4 members (excludes halogenated alkanes) is 5. The number of hydrogen-bond donors (Lipinski definition) is 0. The van der Waals surface area contributed by atoms with Crippen LogP contribution >= 0.6 is 0 Å². The molecule has 0 fully saturated rings. The minimum absolute atomic E-state index is 0.0190. The Hall–Kier alpha value is -1.10. The minimum Gasteiger partial charge on any atom is -0.549 e. The SMILES string of the molecule is CCCCCCCCC(C)OC(=O)CN(C)CC(=O)[O-]. The molecule has 5 heteroatoms. The molecule has 118 valence electrons. The van der Waals surface area contributed by atoms with E-state index < -0.39 is 5.97 Å². The first-order valence-corrected chi connectivity index (χ1v) is 7.53. The molecule has 0 aromatic heterocycles. The summed E-state index contributed by atoms with van der Waals surface area (Å²) in [7, 11) is 1.55. The van der Waals surface area contributed by atoms with Crippen LogP contribution in [0.1, 0.15) is 58.8 Å². The first-order valence-electron chi connectivity index (χ1n) is 7.53. The summed E-state index contributed by atoms with van der Waals surface area (Å²) in [6.45, 7) is 3.79. The van der Waals surface area contributed by atoms with Gasteiger partial charge in [0, 0.05) is 6.54 Å². The summed E-state index contributed by atoms with van der Waals surface area (Å²) < 4.78 is 5.24. The van der Waals surface area contributed by atoms with Gasteiger partial charge in [0.2, 0.25) is 0 Å². The number of carbonyl (C=O) groups is 2. The van der Waals surface area contributed by atoms with E-state index in [2.05, 4.69) is 6.92 Å². The average molecular weight is 286 g/mol. The van der Waals surface area contributed by atoms with Gasteiger partial charge in [0.05, 0.1) is 18.6 Å². The van der Waals surface area contributed by atoms with E-state index in [1.807, 2.05) is 6.92 Å². The van der Waals surface area contributed by atoms with Gasteiger partial charge in [0.25, 0.3) is 0 Å². The van der Waals surface area contributed by atoms with Crippen LogP contribution in [-0.2, 0) is 14.3 Å². The van der Waals surface area contributed by atoms with Crippen molar-refractivity contribution in [1.29, 1.82) is 0 Å². The fourth-order valence-corrected chi connectivity index (χ4v) is 2.03. The summed E-state index contributed by atoms with van der Waals surface area (Å²) >= 11 is 0. The average Bonchev–Trinajstić information content (AvgIpc) is 2.32. The van der Waals surface area contributed by atoms with Crippen LogP contribution in [0.25, 0.3) is 0 Å². The van der Waals surface area contributed by atoms with Crippen molar-refractivity contribution in [3.05, 3.63) is 0 Å². The van der Waals surface area contributed by atoms with Gasteiger partial charge in [-0.15, -0.1) is 0 Å². The molecule has 0 aliphatic heterocycles. The number of hydrogen-bond acceptors (Lipinski definition) is 5. The maximum Gasteiger partial charge on any atom is 0.320 e. The highest BCUT2D eigenvalue weighted by Gasteiger charge is 2.11. The fourth-order valence-electron chi connectivity index (χ4n) is 2.03. The predicted molar refractivity (Wildman–Crippen MR) is 76.1 cm³/mol. The van der Waals surface area contributed by atoms with Gasteiger partial charge in [-0.1, -0.05) is 39.0 Å². The largest absolute Gasteiger partial charge is 0.549 e. The van der Waals surface area contributed by atoms with Gasteiger partial charge in [0.15, 0.2) is 0 Å². The van der Waals surface area contributed by atoms with Gasteiger partial charge in [-0.05, 0) is 26.8 Å². The molecule has 5 nitrogen and oxygen atoms in total. The van der Waals surface area contributed by atoms with Crippen molar-refractivity contribution in [2.75, 3.05) is 20.1 Å². The van der Waals surface area contributed by atoms with E-state index in [0.717, 1.165) is 12.8 Å². The van der Waals surface area contributed by atoms with E-state index in [4.69, 9.17) is 4.74 Å². The molecule has 0 saturated carbocycles. The number of ether oxygens (including phenoxy) is 1. The molecule has 0 saturated heterocycles. The number of rotatable bonds is 12. The minimum atomic E-state index is -1.19. The van der Waals surface area contributed by atoms with Gasteiger partial charge < -0.3 is 14.6 Å². The van der Waals surface area contributed by atoms with Crippen molar-refractivity contribution in [3.8, 4) is 0 Å². The lowest BCUT2D eigenvalue weighted by Gasteiger charge is -2.18. The summed E-state index contributed by atoms with van der Waals surface area (Å²) in [6.07, 6.45) is 8.04. The topological polar surface area (TPSA) is 69.7 Å². The zero-order chi connectivity index (χ0) is 15.4. The second-order valence-electron chi connectivity index (χ2n) is 5.40. The van der Waals surface area contributed by atoms with Crippen LogP contribution in [0.4, 0.5) is 0 Å². The van der Waals surface area contributed by atoms with Gasteiger partial charge in [0.1, 0.15) is 0 Å². The van der Waals surface area contributed by atoms with E-state index in [1.54, 1.807) is 7.05 Å². The Labute approximate surface area is 122 Å². The molecule has 20 heavy (non-hydrogen) atoms. The molecular weight excluding hydrogens is 258 g/mol. The summed E-state index contributed by atoms with van der Waals surface area (Å²) in [6, 6.07) is 0. The third-order valence-corrected chi connectivity index (χ3v) is 3.09. The highest BCUT2D eigenvalue weighted by molar-refractivity contribution is 5.73. The van der Waals surface area contributed by atoms with E-state index in [9.17, 15) is 14.7 Å². The molecule has 0 N–H and O–H groups in total. The van der Waals surface area contributed by atoms with Crippen LogP contribution in [-0.4, -0.2) is 43.1 Å². The standard InChI is InChI=1S/C15H29NO4/c1-4-5-6-7-8-9-10-13(2)20-15(19)12-16(3)11-14(17)18/h13H,4-12H2,1-3H3,(H,17,18)/p-1. The normalized spacial score (nSPS) is 12.4. The Kier molecular flexibility index (Phi) is 11.1. The molecule has 0 rings (SSSR count). The van der Waals surface area contributed by atoms with E-state index >= 15 is 0 Å². The number of aliphatic carboxylic acids is 1. The second-order valence-corrected chi connectivity index (χ2v) is 5.40. The van der Waals surface area contributed by atoms with E-state index in [-0.39, 0.29) is 25.2 Å². The third kappa shape index (κ3) is 12.0. The molecule has 0 amide bonds. The van der Waals surface area contributed by atoms with Crippen molar-refractivity contribution in [3.63, 3.8) is 0 Å². The summed E-state index contributed by atoms with van der Waals surface area (Å²) in [5, 5.41) is 10.4. The number of carbonyl (C=O) groups excluding carboxylic acids is 2. The molecule has 0 aliphatic carbocycles. The van der Waals surface area contributed by atoms with Gasteiger partial charge in [-0.2, -0.15) is 0 Å².